The smallest absolute Gasteiger partial charge is 0.191 e. The molecule has 0 saturated carbocycles. The maximum absolute atomic E-state index is 5.80. The normalized spacial score (nSPS) is 17.8. The Morgan fingerprint density at radius 1 is 1.24 bits per heavy atom. The monoisotopic (exact) mass is 517 g/mol. The zero-order valence-electron chi connectivity index (χ0n) is 17.6. The van der Waals surface area contributed by atoms with Crippen LogP contribution >= 0.6 is 24.0 Å². The number of rotatable bonds is 9. The number of halogens is 1. The van der Waals surface area contributed by atoms with Gasteiger partial charge in [-0.2, -0.15) is 0 Å². The van der Waals surface area contributed by atoms with E-state index < -0.39 is 0 Å². The van der Waals surface area contributed by atoms with E-state index in [0.717, 1.165) is 82.7 Å². The summed E-state index contributed by atoms with van der Waals surface area (Å²) in [5, 5.41) is 6.69. The summed E-state index contributed by atoms with van der Waals surface area (Å²) in [7, 11) is 1.80. The number of guanidine groups is 1. The summed E-state index contributed by atoms with van der Waals surface area (Å²) < 4.78 is 11.2. The number of nitrogens with zero attached hydrogens (tertiary/aromatic N) is 3. The zero-order chi connectivity index (χ0) is 19.4. The Morgan fingerprint density at radius 3 is 2.72 bits per heavy atom. The van der Waals surface area contributed by atoms with Gasteiger partial charge in [-0.25, -0.2) is 4.98 Å². The fraction of sp³-hybridized carbons (Fsp3) is 0.714. The molecule has 0 bridgehead atoms. The van der Waals surface area contributed by atoms with E-state index in [4.69, 9.17) is 9.47 Å². The Bertz CT molecular complexity index is 587. The lowest BCUT2D eigenvalue weighted by atomic mass is 10.0. The second-order valence-electron chi connectivity index (χ2n) is 7.56. The first-order chi connectivity index (χ1) is 13.8. The van der Waals surface area contributed by atoms with Gasteiger partial charge >= 0.3 is 0 Å². The van der Waals surface area contributed by atoms with Gasteiger partial charge in [-0.15, -0.1) is 24.0 Å². The standard InChI is InChI=1S/C21H35N5O2.HI/c1-22-21(23-9-4-12-28-17-18-7-13-27-14-8-18)25-16-19-5-6-20(24-15-19)26-10-2-3-11-26;/h5-6,15,18H,2-4,7-14,16-17H2,1H3,(H2,22,23,25);1H. The molecule has 2 fully saturated rings. The Labute approximate surface area is 192 Å². The highest BCUT2D eigenvalue weighted by Gasteiger charge is 2.14. The molecular formula is C21H36IN5O2. The van der Waals surface area contributed by atoms with Gasteiger partial charge in [0.2, 0.25) is 0 Å². The highest BCUT2D eigenvalue weighted by atomic mass is 127. The molecule has 0 spiro atoms. The first-order valence-corrected chi connectivity index (χ1v) is 10.6. The van der Waals surface area contributed by atoms with E-state index in [1.165, 1.54) is 12.8 Å². The summed E-state index contributed by atoms with van der Waals surface area (Å²) in [5.74, 6) is 2.57. The van der Waals surface area contributed by atoms with Gasteiger partial charge in [0.05, 0.1) is 0 Å². The van der Waals surface area contributed by atoms with Crippen LogP contribution in [0.3, 0.4) is 0 Å². The van der Waals surface area contributed by atoms with Crippen LogP contribution in [0.4, 0.5) is 5.82 Å². The third-order valence-electron chi connectivity index (χ3n) is 5.38. The summed E-state index contributed by atoms with van der Waals surface area (Å²) in [6, 6.07) is 4.26. The molecular weight excluding hydrogens is 481 g/mol. The molecule has 2 aliphatic heterocycles. The predicted octanol–water partition coefficient (Wildman–Crippen LogP) is 2.80. The molecule has 164 valence electrons. The van der Waals surface area contributed by atoms with E-state index in [0.29, 0.717) is 12.5 Å². The second-order valence-corrected chi connectivity index (χ2v) is 7.56. The van der Waals surface area contributed by atoms with Gasteiger partial charge < -0.3 is 25.0 Å². The average Bonchev–Trinajstić information content (AvgIpc) is 3.29. The van der Waals surface area contributed by atoms with Crippen molar-refractivity contribution in [2.75, 3.05) is 58.0 Å². The zero-order valence-corrected chi connectivity index (χ0v) is 19.9. The van der Waals surface area contributed by atoms with Crippen LogP contribution in [-0.2, 0) is 16.0 Å². The van der Waals surface area contributed by atoms with Crippen molar-refractivity contribution in [1.82, 2.24) is 15.6 Å². The molecule has 7 nitrogen and oxygen atoms in total. The van der Waals surface area contributed by atoms with Crippen LogP contribution in [0.15, 0.2) is 23.3 Å². The molecule has 1 aromatic heterocycles. The summed E-state index contributed by atoms with van der Waals surface area (Å²) in [6.07, 6.45) is 7.72. The molecule has 0 radical (unpaired) electrons. The molecule has 0 aliphatic carbocycles. The van der Waals surface area contributed by atoms with Crippen LogP contribution in [0.1, 0.15) is 37.7 Å². The van der Waals surface area contributed by atoms with Gasteiger partial charge in [0.25, 0.3) is 0 Å². The second kappa shape index (κ2) is 14.0. The number of hydrogen-bond donors (Lipinski definition) is 2. The van der Waals surface area contributed by atoms with Crippen molar-refractivity contribution < 1.29 is 9.47 Å². The van der Waals surface area contributed by atoms with Crippen LogP contribution in [-0.4, -0.2) is 64.1 Å². The summed E-state index contributed by atoms with van der Waals surface area (Å²) in [4.78, 5) is 11.2. The molecule has 1 aromatic rings. The molecule has 8 heteroatoms. The summed E-state index contributed by atoms with van der Waals surface area (Å²) in [5.41, 5.74) is 1.16. The molecule has 2 aliphatic rings. The van der Waals surface area contributed by atoms with Gasteiger partial charge in [-0.3, -0.25) is 4.99 Å². The van der Waals surface area contributed by atoms with Crippen molar-refractivity contribution in [3.8, 4) is 0 Å². The SMILES string of the molecule is CN=C(NCCCOCC1CCOCC1)NCc1ccc(N2CCCC2)nc1.I. The molecule has 0 atom stereocenters. The van der Waals surface area contributed by atoms with Crippen molar-refractivity contribution in [1.29, 1.82) is 0 Å². The van der Waals surface area contributed by atoms with Gasteiger partial charge in [-0.1, -0.05) is 6.07 Å². The van der Waals surface area contributed by atoms with Crippen LogP contribution in [0, 0.1) is 5.92 Å². The topological polar surface area (TPSA) is 71.0 Å². The lowest BCUT2D eigenvalue weighted by Gasteiger charge is -2.21. The quantitative estimate of drug-likeness (QED) is 0.227. The fourth-order valence-electron chi connectivity index (χ4n) is 3.61. The van der Waals surface area contributed by atoms with Crippen LogP contribution in [0.2, 0.25) is 0 Å². The first kappa shape index (κ1) is 24.1. The van der Waals surface area contributed by atoms with Crippen molar-refractivity contribution in [3.05, 3.63) is 23.9 Å². The van der Waals surface area contributed by atoms with E-state index in [9.17, 15) is 0 Å². The number of nitrogens with one attached hydrogen (secondary N) is 2. The largest absolute Gasteiger partial charge is 0.381 e. The number of anilines is 1. The number of ether oxygens (including phenoxy) is 2. The van der Waals surface area contributed by atoms with E-state index in [1.807, 2.05) is 6.20 Å². The number of hydrogen-bond acceptors (Lipinski definition) is 5. The lowest BCUT2D eigenvalue weighted by Crippen LogP contribution is -2.37. The Morgan fingerprint density at radius 2 is 2.03 bits per heavy atom. The molecule has 3 rings (SSSR count). The number of aromatic nitrogens is 1. The van der Waals surface area contributed by atoms with E-state index >= 15 is 0 Å². The molecule has 2 saturated heterocycles. The molecule has 0 unspecified atom stereocenters. The minimum absolute atomic E-state index is 0. The highest BCUT2D eigenvalue weighted by molar-refractivity contribution is 14.0. The van der Waals surface area contributed by atoms with Gasteiger partial charge in [-0.05, 0) is 49.7 Å². The highest BCUT2D eigenvalue weighted by Crippen LogP contribution is 2.17. The summed E-state index contributed by atoms with van der Waals surface area (Å²) >= 11 is 0. The van der Waals surface area contributed by atoms with Gasteiger partial charge in [0, 0.05) is 65.9 Å². The minimum atomic E-state index is 0. The van der Waals surface area contributed by atoms with Crippen LogP contribution in [0.5, 0.6) is 0 Å². The van der Waals surface area contributed by atoms with Crippen molar-refractivity contribution in [2.24, 2.45) is 10.9 Å². The Hall–Kier alpha value is -1.13. The third kappa shape index (κ3) is 8.64. The van der Waals surface area contributed by atoms with Gasteiger partial charge in [0.1, 0.15) is 5.82 Å². The predicted molar refractivity (Wildman–Crippen MR) is 128 cm³/mol. The molecule has 0 aromatic carbocycles. The molecule has 29 heavy (non-hydrogen) atoms. The third-order valence-corrected chi connectivity index (χ3v) is 5.38. The minimum Gasteiger partial charge on any atom is -0.381 e. The maximum Gasteiger partial charge on any atom is 0.191 e. The Balaban J connectivity index is 0.00000300. The van der Waals surface area contributed by atoms with E-state index in [-0.39, 0.29) is 24.0 Å². The fourth-order valence-corrected chi connectivity index (χ4v) is 3.61. The Kier molecular flexibility index (Phi) is 11.6. The van der Waals surface area contributed by atoms with Crippen LogP contribution in [0.25, 0.3) is 0 Å². The summed E-state index contributed by atoms with van der Waals surface area (Å²) in [6.45, 7) is 7.22. The molecule has 0 amide bonds. The van der Waals surface area contributed by atoms with Crippen molar-refractivity contribution >= 4 is 35.8 Å². The lowest BCUT2D eigenvalue weighted by molar-refractivity contribution is 0.0203. The van der Waals surface area contributed by atoms with Crippen molar-refractivity contribution in [3.63, 3.8) is 0 Å². The molecule has 2 N–H and O–H groups in total. The number of pyridine rings is 1. The van der Waals surface area contributed by atoms with Crippen LogP contribution < -0.4 is 15.5 Å². The molecule has 3 heterocycles. The van der Waals surface area contributed by atoms with Crippen molar-refractivity contribution in [2.45, 2.75) is 38.6 Å². The van der Waals surface area contributed by atoms with Gasteiger partial charge in [0.15, 0.2) is 5.96 Å². The van der Waals surface area contributed by atoms with E-state index in [2.05, 4.69) is 37.6 Å². The maximum atomic E-state index is 5.80. The first-order valence-electron chi connectivity index (χ1n) is 10.6. The number of aliphatic imine (C=N–C) groups is 1. The average molecular weight is 517 g/mol. The van der Waals surface area contributed by atoms with E-state index in [1.54, 1.807) is 7.05 Å².